The summed E-state index contributed by atoms with van der Waals surface area (Å²) in [7, 11) is 0. The summed E-state index contributed by atoms with van der Waals surface area (Å²) in [4.78, 5) is 28.2. The summed E-state index contributed by atoms with van der Waals surface area (Å²) in [6, 6.07) is 11.3. The van der Waals surface area contributed by atoms with Gasteiger partial charge in [0.1, 0.15) is 17.4 Å². The Morgan fingerprint density at radius 1 is 1.10 bits per heavy atom. The molecule has 2 aliphatic heterocycles. The van der Waals surface area contributed by atoms with E-state index in [9.17, 15) is 23.5 Å². The quantitative estimate of drug-likeness (QED) is 0.830. The first-order valence-corrected chi connectivity index (χ1v) is 9.81. The van der Waals surface area contributed by atoms with E-state index in [1.807, 2.05) is 30.3 Å². The molecule has 1 N–H and O–H groups in total. The molecular formula is C22H22F2N2O4. The van der Waals surface area contributed by atoms with Gasteiger partial charge in [-0.3, -0.25) is 14.6 Å². The fourth-order valence-electron chi connectivity index (χ4n) is 4.25. The molecular weight excluding hydrogens is 394 g/mol. The van der Waals surface area contributed by atoms with E-state index in [2.05, 4.69) is 4.90 Å². The Labute approximate surface area is 172 Å². The molecule has 1 amide bonds. The third kappa shape index (κ3) is 3.80. The first-order valence-electron chi connectivity index (χ1n) is 9.81. The highest BCUT2D eigenvalue weighted by molar-refractivity contribution is 5.97. The van der Waals surface area contributed by atoms with Crippen LogP contribution in [0.5, 0.6) is 0 Å². The van der Waals surface area contributed by atoms with Crippen LogP contribution in [-0.2, 0) is 16.1 Å². The number of rotatable bonds is 4. The molecule has 2 saturated heterocycles. The van der Waals surface area contributed by atoms with E-state index in [1.54, 1.807) is 0 Å². The molecule has 4 rings (SSSR count). The predicted octanol–water partition coefficient (Wildman–Crippen LogP) is 2.88. The van der Waals surface area contributed by atoms with Crippen molar-refractivity contribution in [3.63, 3.8) is 0 Å². The smallest absolute Gasteiger partial charge is 0.328 e. The van der Waals surface area contributed by atoms with E-state index in [4.69, 9.17) is 4.74 Å². The van der Waals surface area contributed by atoms with Gasteiger partial charge in [0, 0.05) is 32.5 Å². The second-order valence-electron chi connectivity index (χ2n) is 7.67. The van der Waals surface area contributed by atoms with Crippen LogP contribution in [0.25, 0.3) is 0 Å². The molecule has 1 spiro atoms. The number of carbonyl (C=O) groups excluding carboxylic acids is 1. The van der Waals surface area contributed by atoms with Gasteiger partial charge in [0.05, 0.1) is 12.2 Å². The number of piperidine rings is 1. The van der Waals surface area contributed by atoms with Crippen LogP contribution in [-0.4, -0.2) is 58.2 Å². The monoisotopic (exact) mass is 416 g/mol. The van der Waals surface area contributed by atoms with Crippen molar-refractivity contribution in [2.45, 2.75) is 31.2 Å². The van der Waals surface area contributed by atoms with Crippen LogP contribution >= 0.6 is 0 Å². The third-order valence-electron chi connectivity index (χ3n) is 5.81. The number of hydrogen-bond acceptors (Lipinski definition) is 4. The molecule has 30 heavy (non-hydrogen) atoms. The molecule has 2 aliphatic rings. The zero-order valence-electron chi connectivity index (χ0n) is 16.3. The lowest BCUT2D eigenvalue weighted by atomic mass is 9.96. The van der Waals surface area contributed by atoms with Gasteiger partial charge in [-0.2, -0.15) is 0 Å². The Morgan fingerprint density at radius 2 is 1.80 bits per heavy atom. The lowest BCUT2D eigenvalue weighted by Gasteiger charge is -2.44. The SMILES string of the molecule is O=C(O)[C@@H]1COC2(CCN(Cc3ccccc3)CC2)N1C(=O)c1cc(F)ccc1F. The zero-order valence-corrected chi connectivity index (χ0v) is 16.3. The molecule has 2 aromatic carbocycles. The van der Waals surface area contributed by atoms with Crippen LogP contribution in [0, 0.1) is 11.6 Å². The summed E-state index contributed by atoms with van der Waals surface area (Å²) in [6.45, 7) is 1.70. The van der Waals surface area contributed by atoms with Crippen molar-refractivity contribution in [1.82, 2.24) is 9.80 Å². The van der Waals surface area contributed by atoms with Gasteiger partial charge in [0.25, 0.3) is 5.91 Å². The summed E-state index contributed by atoms with van der Waals surface area (Å²) in [5.41, 5.74) is -0.483. The zero-order chi connectivity index (χ0) is 21.3. The highest BCUT2D eigenvalue weighted by Crippen LogP contribution is 2.39. The summed E-state index contributed by atoms with van der Waals surface area (Å²) in [5, 5.41) is 9.61. The van der Waals surface area contributed by atoms with E-state index in [0.29, 0.717) is 25.9 Å². The Morgan fingerprint density at radius 3 is 2.47 bits per heavy atom. The van der Waals surface area contributed by atoms with Gasteiger partial charge in [-0.05, 0) is 23.8 Å². The number of carbonyl (C=O) groups is 2. The third-order valence-corrected chi connectivity index (χ3v) is 5.81. The van der Waals surface area contributed by atoms with Crippen molar-refractivity contribution in [3.05, 3.63) is 71.3 Å². The minimum absolute atomic E-state index is 0.184. The number of benzene rings is 2. The Kier molecular flexibility index (Phi) is 5.53. The average molecular weight is 416 g/mol. The fraction of sp³-hybridized carbons (Fsp3) is 0.364. The Hall–Kier alpha value is -2.84. The van der Waals surface area contributed by atoms with Crippen LogP contribution in [0.3, 0.4) is 0 Å². The normalized spacial score (nSPS) is 21.1. The van der Waals surface area contributed by atoms with Gasteiger partial charge in [0.2, 0.25) is 0 Å². The molecule has 0 aliphatic carbocycles. The van der Waals surface area contributed by atoms with Crippen molar-refractivity contribution in [2.75, 3.05) is 19.7 Å². The topological polar surface area (TPSA) is 70.1 Å². The number of carboxylic acid groups (broad SMARTS) is 1. The molecule has 8 heteroatoms. The lowest BCUT2D eigenvalue weighted by Crippen LogP contribution is -2.58. The molecule has 0 saturated carbocycles. The van der Waals surface area contributed by atoms with E-state index < -0.39 is 40.8 Å². The van der Waals surface area contributed by atoms with Crippen LogP contribution in [0.4, 0.5) is 8.78 Å². The first-order chi connectivity index (χ1) is 14.4. The maximum Gasteiger partial charge on any atom is 0.328 e. The number of ether oxygens (including phenoxy) is 1. The highest BCUT2D eigenvalue weighted by Gasteiger charge is 2.54. The van der Waals surface area contributed by atoms with Gasteiger partial charge in [0.15, 0.2) is 6.04 Å². The molecule has 158 valence electrons. The second kappa shape index (κ2) is 8.12. The first kappa shape index (κ1) is 20.4. The number of carboxylic acids is 1. The van der Waals surface area contributed by atoms with Gasteiger partial charge < -0.3 is 9.84 Å². The van der Waals surface area contributed by atoms with E-state index in [-0.39, 0.29) is 6.61 Å². The molecule has 2 heterocycles. The molecule has 2 aromatic rings. The lowest BCUT2D eigenvalue weighted by molar-refractivity contribution is -0.144. The number of nitrogens with zero attached hydrogens (tertiary/aromatic N) is 2. The van der Waals surface area contributed by atoms with E-state index in [0.717, 1.165) is 35.2 Å². The maximum absolute atomic E-state index is 14.3. The average Bonchev–Trinajstić information content (AvgIpc) is 3.11. The van der Waals surface area contributed by atoms with Crippen LogP contribution in [0.15, 0.2) is 48.5 Å². The Bertz CT molecular complexity index is 945. The summed E-state index contributed by atoms with van der Waals surface area (Å²) in [6.07, 6.45) is 0.762. The predicted molar refractivity (Wildman–Crippen MR) is 104 cm³/mol. The van der Waals surface area contributed by atoms with Crippen LogP contribution in [0.1, 0.15) is 28.8 Å². The standard InChI is InChI=1S/C22H22F2N2O4/c23-16-6-7-18(24)17(12-16)20(27)26-19(21(28)29)14-30-22(26)8-10-25(11-9-22)13-15-4-2-1-3-5-15/h1-7,12,19H,8-11,13-14H2,(H,28,29)/t19-/m0/s1. The molecule has 0 radical (unpaired) electrons. The number of hydrogen-bond donors (Lipinski definition) is 1. The maximum atomic E-state index is 14.3. The van der Waals surface area contributed by atoms with Gasteiger partial charge in [-0.25, -0.2) is 13.6 Å². The molecule has 0 bridgehead atoms. The second-order valence-corrected chi connectivity index (χ2v) is 7.67. The van der Waals surface area contributed by atoms with Gasteiger partial charge in [-0.1, -0.05) is 30.3 Å². The van der Waals surface area contributed by atoms with Crippen LogP contribution in [0.2, 0.25) is 0 Å². The Balaban J connectivity index is 1.57. The van der Waals surface area contributed by atoms with Crippen molar-refractivity contribution in [3.8, 4) is 0 Å². The number of halogens is 2. The summed E-state index contributed by atoms with van der Waals surface area (Å²) in [5.74, 6) is -3.76. The van der Waals surface area contributed by atoms with Gasteiger partial charge >= 0.3 is 5.97 Å². The van der Waals surface area contributed by atoms with Crippen LogP contribution < -0.4 is 0 Å². The largest absolute Gasteiger partial charge is 0.480 e. The van der Waals surface area contributed by atoms with Crippen molar-refractivity contribution < 1.29 is 28.2 Å². The fourth-order valence-corrected chi connectivity index (χ4v) is 4.25. The van der Waals surface area contributed by atoms with Gasteiger partial charge in [-0.15, -0.1) is 0 Å². The minimum atomic E-state index is -1.25. The minimum Gasteiger partial charge on any atom is -0.480 e. The summed E-state index contributed by atoms with van der Waals surface area (Å²) >= 11 is 0. The summed E-state index contributed by atoms with van der Waals surface area (Å²) < 4.78 is 33.8. The molecule has 1 atom stereocenters. The number of amides is 1. The highest BCUT2D eigenvalue weighted by atomic mass is 19.1. The van der Waals surface area contributed by atoms with E-state index >= 15 is 0 Å². The van der Waals surface area contributed by atoms with Crippen molar-refractivity contribution in [2.24, 2.45) is 0 Å². The van der Waals surface area contributed by atoms with E-state index in [1.165, 1.54) is 0 Å². The molecule has 0 unspecified atom stereocenters. The number of likely N-dealkylation sites (tertiary alicyclic amines) is 1. The van der Waals surface area contributed by atoms with Crippen molar-refractivity contribution in [1.29, 1.82) is 0 Å². The molecule has 6 nitrogen and oxygen atoms in total. The molecule has 2 fully saturated rings. The van der Waals surface area contributed by atoms with Crippen molar-refractivity contribution >= 4 is 11.9 Å². The molecule has 0 aromatic heterocycles. The number of aliphatic carboxylic acids is 1.